The van der Waals surface area contributed by atoms with Gasteiger partial charge in [-0.15, -0.1) is 0 Å². The van der Waals surface area contributed by atoms with E-state index in [4.69, 9.17) is 20.1 Å². The van der Waals surface area contributed by atoms with Crippen LogP contribution in [-0.4, -0.2) is 46.1 Å². The lowest BCUT2D eigenvalue weighted by Crippen LogP contribution is -2.30. The predicted octanol–water partition coefficient (Wildman–Crippen LogP) is -0.628. The SMILES string of the molecule is C=C(C)C(=O)Nc1cccc(B(O)O)c1.C=CC(=O)Nc1cccc(B(O)O)c1. The van der Waals surface area contributed by atoms with E-state index in [9.17, 15) is 9.59 Å². The lowest BCUT2D eigenvalue weighted by molar-refractivity contribution is -0.113. The highest BCUT2D eigenvalue weighted by molar-refractivity contribution is 6.59. The van der Waals surface area contributed by atoms with Crippen molar-refractivity contribution in [1.82, 2.24) is 0 Å². The van der Waals surface area contributed by atoms with E-state index in [-0.39, 0.29) is 11.8 Å². The van der Waals surface area contributed by atoms with Crippen LogP contribution in [0.25, 0.3) is 0 Å². The molecule has 0 bridgehead atoms. The van der Waals surface area contributed by atoms with Gasteiger partial charge < -0.3 is 30.7 Å². The Balaban J connectivity index is 0.000000291. The minimum atomic E-state index is -1.54. The molecule has 0 heterocycles. The third-order valence-electron chi connectivity index (χ3n) is 3.47. The molecule has 0 aliphatic heterocycles. The van der Waals surface area contributed by atoms with E-state index in [2.05, 4.69) is 23.8 Å². The molecule has 0 saturated carbocycles. The van der Waals surface area contributed by atoms with Gasteiger partial charge in [-0.2, -0.15) is 0 Å². The van der Waals surface area contributed by atoms with Crippen molar-refractivity contribution < 1.29 is 29.7 Å². The summed E-state index contributed by atoms with van der Waals surface area (Å²) in [5, 5.41) is 40.6. The van der Waals surface area contributed by atoms with Gasteiger partial charge in [-0.25, -0.2) is 0 Å². The number of amides is 2. The summed E-state index contributed by atoms with van der Waals surface area (Å²) in [6, 6.07) is 12.6. The fraction of sp³-hybridized carbons (Fsp3) is 0.0526. The van der Waals surface area contributed by atoms with Crippen molar-refractivity contribution in [3.05, 3.63) is 73.3 Å². The van der Waals surface area contributed by atoms with Crippen molar-refractivity contribution in [2.45, 2.75) is 6.92 Å². The van der Waals surface area contributed by atoms with Crippen LogP contribution in [0.15, 0.2) is 73.3 Å². The zero-order valence-corrected chi connectivity index (χ0v) is 15.9. The zero-order chi connectivity index (χ0) is 22.0. The molecule has 2 aromatic rings. The lowest BCUT2D eigenvalue weighted by atomic mass is 9.80. The summed E-state index contributed by atoms with van der Waals surface area (Å²) < 4.78 is 0. The van der Waals surface area contributed by atoms with Gasteiger partial charge in [0.25, 0.3) is 5.91 Å². The first kappa shape index (κ1) is 23.9. The van der Waals surface area contributed by atoms with Crippen LogP contribution in [0.5, 0.6) is 0 Å². The van der Waals surface area contributed by atoms with Crippen LogP contribution in [0.3, 0.4) is 0 Å². The fourth-order valence-corrected chi connectivity index (χ4v) is 1.99. The second-order valence-electron chi connectivity index (χ2n) is 5.93. The maximum Gasteiger partial charge on any atom is 0.488 e. The number of hydrogen-bond donors (Lipinski definition) is 6. The Hall–Kier alpha value is -3.17. The zero-order valence-electron chi connectivity index (χ0n) is 15.9. The summed E-state index contributed by atoms with van der Waals surface area (Å²) in [6.45, 7) is 8.40. The molecular formula is C19H22B2N2O6. The third-order valence-corrected chi connectivity index (χ3v) is 3.47. The summed E-state index contributed by atoms with van der Waals surface area (Å²) in [7, 11) is -3.07. The maximum atomic E-state index is 11.3. The highest BCUT2D eigenvalue weighted by Crippen LogP contribution is 2.06. The van der Waals surface area contributed by atoms with Crippen molar-refractivity contribution in [1.29, 1.82) is 0 Å². The molecule has 29 heavy (non-hydrogen) atoms. The van der Waals surface area contributed by atoms with Crippen LogP contribution in [0.1, 0.15) is 6.92 Å². The quantitative estimate of drug-likeness (QED) is 0.284. The van der Waals surface area contributed by atoms with Crippen LogP contribution in [0.2, 0.25) is 0 Å². The van der Waals surface area contributed by atoms with Gasteiger partial charge in [0.2, 0.25) is 5.91 Å². The molecule has 6 N–H and O–H groups in total. The smallest absolute Gasteiger partial charge is 0.423 e. The van der Waals surface area contributed by atoms with Gasteiger partial charge in [0.05, 0.1) is 0 Å². The summed E-state index contributed by atoms with van der Waals surface area (Å²) >= 11 is 0. The molecule has 0 aromatic heterocycles. The van der Waals surface area contributed by atoms with E-state index in [0.717, 1.165) is 6.08 Å². The first-order valence-electron chi connectivity index (χ1n) is 8.46. The minimum Gasteiger partial charge on any atom is -0.423 e. The molecule has 0 aliphatic rings. The lowest BCUT2D eigenvalue weighted by Gasteiger charge is -2.06. The predicted molar refractivity (Wildman–Crippen MR) is 115 cm³/mol. The number of nitrogens with one attached hydrogen (secondary N) is 2. The second-order valence-corrected chi connectivity index (χ2v) is 5.93. The molecule has 0 fully saturated rings. The van der Waals surface area contributed by atoms with E-state index < -0.39 is 14.2 Å². The van der Waals surface area contributed by atoms with Crippen LogP contribution in [0, 0.1) is 0 Å². The number of rotatable bonds is 6. The molecule has 10 heteroatoms. The molecule has 150 valence electrons. The van der Waals surface area contributed by atoms with Crippen LogP contribution >= 0.6 is 0 Å². The Kier molecular flexibility index (Phi) is 9.57. The maximum absolute atomic E-state index is 11.3. The molecule has 0 unspecified atom stereocenters. The van der Waals surface area contributed by atoms with Crippen LogP contribution < -0.4 is 21.6 Å². The summed E-state index contributed by atoms with van der Waals surface area (Å²) in [4.78, 5) is 22.2. The van der Waals surface area contributed by atoms with E-state index in [1.165, 1.54) is 12.1 Å². The van der Waals surface area contributed by atoms with Crippen molar-refractivity contribution >= 4 is 48.4 Å². The molecule has 0 atom stereocenters. The molecule has 0 saturated heterocycles. The number of anilines is 2. The molecule has 2 rings (SSSR count). The Morgan fingerprint density at radius 2 is 1.34 bits per heavy atom. The molecule has 0 radical (unpaired) electrons. The van der Waals surface area contributed by atoms with Crippen molar-refractivity contribution in [2.24, 2.45) is 0 Å². The van der Waals surface area contributed by atoms with Gasteiger partial charge in [0, 0.05) is 16.9 Å². The Bertz CT molecular complexity index is 887. The van der Waals surface area contributed by atoms with Crippen LogP contribution in [0.4, 0.5) is 11.4 Å². The standard InChI is InChI=1S/C10H12BNO3.C9H10BNO3/c1-7(2)10(13)12-9-5-3-4-8(6-9)11(14)15;1-2-9(12)11-8-5-3-4-7(6-8)10(13)14/h3-6,14-15H,1H2,2H3,(H,12,13);2-6,13-14H,1H2,(H,11,12). The Labute approximate surface area is 169 Å². The number of benzene rings is 2. The van der Waals surface area contributed by atoms with Crippen LogP contribution in [-0.2, 0) is 9.59 Å². The molecular weight excluding hydrogens is 374 g/mol. The van der Waals surface area contributed by atoms with E-state index >= 15 is 0 Å². The van der Waals surface area contributed by atoms with Gasteiger partial charge in [0.1, 0.15) is 0 Å². The largest absolute Gasteiger partial charge is 0.488 e. The monoisotopic (exact) mass is 396 g/mol. The molecule has 2 aromatic carbocycles. The molecule has 0 spiro atoms. The van der Waals surface area contributed by atoms with E-state index in [1.54, 1.807) is 43.3 Å². The first-order valence-corrected chi connectivity index (χ1v) is 8.46. The average Bonchev–Trinajstić information content (AvgIpc) is 2.68. The summed E-state index contributed by atoms with van der Waals surface area (Å²) in [5.74, 6) is -0.630. The average molecular weight is 396 g/mol. The third kappa shape index (κ3) is 8.58. The van der Waals surface area contributed by atoms with Gasteiger partial charge in [-0.3, -0.25) is 9.59 Å². The topological polar surface area (TPSA) is 139 Å². The molecule has 2 amide bonds. The van der Waals surface area contributed by atoms with Crippen molar-refractivity contribution in [3.63, 3.8) is 0 Å². The van der Waals surface area contributed by atoms with E-state index in [1.807, 2.05) is 0 Å². The number of carbonyl (C=O) groups is 2. The van der Waals surface area contributed by atoms with Crippen molar-refractivity contribution in [2.75, 3.05) is 10.6 Å². The molecule has 8 nitrogen and oxygen atoms in total. The highest BCUT2D eigenvalue weighted by Gasteiger charge is 2.12. The van der Waals surface area contributed by atoms with Gasteiger partial charge >= 0.3 is 14.2 Å². The Morgan fingerprint density at radius 3 is 1.72 bits per heavy atom. The first-order chi connectivity index (χ1) is 13.6. The van der Waals surface area contributed by atoms with E-state index in [0.29, 0.717) is 27.9 Å². The number of hydrogen-bond acceptors (Lipinski definition) is 6. The molecule has 0 aliphatic carbocycles. The second kappa shape index (κ2) is 11.6. The van der Waals surface area contributed by atoms with Crippen molar-refractivity contribution in [3.8, 4) is 0 Å². The Morgan fingerprint density at radius 1 is 0.897 bits per heavy atom. The van der Waals surface area contributed by atoms with Gasteiger partial charge in [0.15, 0.2) is 0 Å². The van der Waals surface area contributed by atoms with Gasteiger partial charge in [-0.1, -0.05) is 37.4 Å². The highest BCUT2D eigenvalue weighted by atomic mass is 16.4. The summed E-state index contributed by atoms with van der Waals surface area (Å²) in [6.07, 6.45) is 1.14. The normalized spacial score (nSPS) is 9.41. The minimum absolute atomic E-state index is 0.292. The van der Waals surface area contributed by atoms with Gasteiger partial charge in [-0.05, 0) is 48.2 Å². The summed E-state index contributed by atoms with van der Waals surface area (Å²) in [5.41, 5.74) is 2.06. The number of carbonyl (C=O) groups excluding carboxylic acids is 2. The fourth-order valence-electron chi connectivity index (χ4n) is 1.99.